The zero-order chi connectivity index (χ0) is 9.42. The second-order valence-corrected chi connectivity index (χ2v) is 3.50. The van der Waals surface area contributed by atoms with Crippen LogP contribution in [0.5, 0.6) is 0 Å². The van der Waals surface area contributed by atoms with Gasteiger partial charge in [-0.25, -0.2) is 4.39 Å². The molecule has 4 heteroatoms. The highest BCUT2D eigenvalue weighted by molar-refractivity contribution is 9.10. The van der Waals surface area contributed by atoms with Gasteiger partial charge in [0, 0.05) is 22.7 Å². The first-order chi connectivity index (χ1) is 6.24. The molecule has 0 unspecified atom stereocenters. The predicted octanol–water partition coefficient (Wildman–Crippen LogP) is 2.88. The van der Waals surface area contributed by atoms with Gasteiger partial charge in [-0.05, 0) is 28.1 Å². The standard InChI is InChI=1S/C9H5BrFNO/c10-6-1-2-7-8(9(6)11)5(4-13)3-12-7/h1-4,12H. The molecule has 0 aliphatic rings. The van der Waals surface area contributed by atoms with Gasteiger partial charge < -0.3 is 4.98 Å². The Balaban J connectivity index is 2.93. The van der Waals surface area contributed by atoms with E-state index < -0.39 is 5.82 Å². The molecule has 0 atom stereocenters. The zero-order valence-corrected chi connectivity index (χ0v) is 8.06. The summed E-state index contributed by atoms with van der Waals surface area (Å²) in [6.07, 6.45) is 2.13. The van der Waals surface area contributed by atoms with E-state index in [4.69, 9.17) is 0 Å². The molecule has 0 radical (unpaired) electrons. The van der Waals surface area contributed by atoms with Crippen molar-refractivity contribution >= 4 is 33.1 Å². The van der Waals surface area contributed by atoms with Crippen LogP contribution in [0.15, 0.2) is 22.8 Å². The van der Waals surface area contributed by atoms with Gasteiger partial charge in [0.2, 0.25) is 0 Å². The van der Waals surface area contributed by atoms with Crippen LogP contribution >= 0.6 is 15.9 Å². The van der Waals surface area contributed by atoms with Crippen molar-refractivity contribution in [3.63, 3.8) is 0 Å². The Kier molecular flexibility index (Phi) is 1.92. The monoisotopic (exact) mass is 241 g/mol. The number of carbonyl (C=O) groups excluding carboxylic acids is 1. The van der Waals surface area contributed by atoms with Crippen LogP contribution in [0.2, 0.25) is 0 Å². The number of aldehydes is 1. The van der Waals surface area contributed by atoms with E-state index in [9.17, 15) is 9.18 Å². The van der Waals surface area contributed by atoms with Crippen molar-refractivity contribution in [3.8, 4) is 0 Å². The van der Waals surface area contributed by atoms with Gasteiger partial charge in [-0.15, -0.1) is 0 Å². The van der Waals surface area contributed by atoms with Crippen molar-refractivity contribution in [3.05, 3.63) is 34.2 Å². The fourth-order valence-corrected chi connectivity index (χ4v) is 1.60. The molecule has 0 spiro atoms. The van der Waals surface area contributed by atoms with Crippen LogP contribution in [0, 0.1) is 5.82 Å². The first-order valence-corrected chi connectivity index (χ1v) is 4.43. The summed E-state index contributed by atoms with van der Waals surface area (Å²) in [5.41, 5.74) is 0.969. The number of H-pyrrole nitrogens is 1. The number of carbonyl (C=O) groups is 1. The number of benzene rings is 1. The van der Waals surface area contributed by atoms with Crippen molar-refractivity contribution in [2.24, 2.45) is 0 Å². The fraction of sp³-hybridized carbons (Fsp3) is 0. The molecule has 0 bridgehead atoms. The second-order valence-electron chi connectivity index (χ2n) is 2.65. The molecule has 1 N–H and O–H groups in total. The summed E-state index contributed by atoms with van der Waals surface area (Å²) in [5, 5.41) is 0.337. The highest BCUT2D eigenvalue weighted by atomic mass is 79.9. The van der Waals surface area contributed by atoms with Crippen LogP contribution in [0.3, 0.4) is 0 Å². The summed E-state index contributed by atoms with van der Waals surface area (Å²) in [5.74, 6) is -0.402. The van der Waals surface area contributed by atoms with E-state index in [1.54, 1.807) is 12.1 Å². The average molecular weight is 242 g/mol. The largest absolute Gasteiger partial charge is 0.360 e. The van der Waals surface area contributed by atoms with E-state index in [1.165, 1.54) is 6.20 Å². The molecule has 0 saturated heterocycles. The molecular formula is C9H5BrFNO. The normalized spacial score (nSPS) is 10.6. The maximum absolute atomic E-state index is 13.5. The third-order valence-corrected chi connectivity index (χ3v) is 2.51. The van der Waals surface area contributed by atoms with Gasteiger partial charge in [-0.3, -0.25) is 4.79 Å². The summed E-state index contributed by atoms with van der Waals surface area (Å²) in [6.45, 7) is 0. The van der Waals surface area contributed by atoms with E-state index >= 15 is 0 Å². The van der Waals surface area contributed by atoms with Gasteiger partial charge in [0.05, 0.1) is 4.47 Å². The smallest absolute Gasteiger partial charge is 0.152 e. The minimum Gasteiger partial charge on any atom is -0.360 e. The first-order valence-electron chi connectivity index (χ1n) is 3.64. The van der Waals surface area contributed by atoms with Gasteiger partial charge in [0.25, 0.3) is 0 Å². The molecule has 2 aromatic rings. The van der Waals surface area contributed by atoms with Crippen LogP contribution in [0.4, 0.5) is 4.39 Å². The molecule has 0 fully saturated rings. The van der Waals surface area contributed by atoms with Gasteiger partial charge in [0.15, 0.2) is 6.29 Å². The molecule has 0 aliphatic heterocycles. The molecule has 0 saturated carbocycles. The lowest BCUT2D eigenvalue weighted by atomic mass is 10.2. The Morgan fingerprint density at radius 1 is 1.46 bits per heavy atom. The zero-order valence-electron chi connectivity index (χ0n) is 6.47. The molecule has 66 valence electrons. The molecular weight excluding hydrogens is 237 g/mol. The minimum absolute atomic E-state index is 0.337. The third kappa shape index (κ3) is 1.18. The number of aromatic nitrogens is 1. The van der Waals surface area contributed by atoms with Crippen LogP contribution in [-0.4, -0.2) is 11.3 Å². The number of hydrogen-bond acceptors (Lipinski definition) is 1. The lowest BCUT2D eigenvalue weighted by Gasteiger charge is -1.96. The number of fused-ring (bicyclic) bond motifs is 1. The van der Waals surface area contributed by atoms with Gasteiger partial charge >= 0.3 is 0 Å². The summed E-state index contributed by atoms with van der Waals surface area (Å²) < 4.78 is 13.8. The average Bonchev–Trinajstić information content (AvgIpc) is 2.55. The SMILES string of the molecule is O=Cc1c[nH]c2ccc(Br)c(F)c12. The van der Waals surface area contributed by atoms with Gasteiger partial charge in [-0.1, -0.05) is 0 Å². The Morgan fingerprint density at radius 3 is 2.92 bits per heavy atom. The van der Waals surface area contributed by atoms with E-state index in [0.717, 1.165) is 0 Å². The van der Waals surface area contributed by atoms with Gasteiger partial charge in [-0.2, -0.15) is 0 Å². The lowest BCUT2D eigenvalue weighted by Crippen LogP contribution is -1.82. The van der Waals surface area contributed by atoms with E-state index in [-0.39, 0.29) is 0 Å². The number of hydrogen-bond donors (Lipinski definition) is 1. The van der Waals surface area contributed by atoms with Crippen LogP contribution in [0.25, 0.3) is 10.9 Å². The Labute approximate surface area is 81.9 Å². The van der Waals surface area contributed by atoms with Crippen LogP contribution in [-0.2, 0) is 0 Å². The lowest BCUT2D eigenvalue weighted by molar-refractivity contribution is 0.112. The van der Waals surface area contributed by atoms with Crippen LogP contribution < -0.4 is 0 Å². The fourth-order valence-electron chi connectivity index (χ4n) is 1.27. The van der Waals surface area contributed by atoms with E-state index in [1.807, 2.05) is 0 Å². The predicted molar refractivity (Wildman–Crippen MR) is 51.3 cm³/mol. The molecule has 1 heterocycles. The van der Waals surface area contributed by atoms with Crippen molar-refractivity contribution in [1.82, 2.24) is 4.98 Å². The summed E-state index contributed by atoms with van der Waals surface area (Å²) in [7, 11) is 0. The van der Waals surface area contributed by atoms with E-state index in [2.05, 4.69) is 20.9 Å². The Hall–Kier alpha value is -1.16. The minimum atomic E-state index is -0.402. The summed E-state index contributed by atoms with van der Waals surface area (Å²) >= 11 is 3.06. The molecule has 13 heavy (non-hydrogen) atoms. The van der Waals surface area contributed by atoms with Crippen molar-refractivity contribution in [1.29, 1.82) is 0 Å². The maximum Gasteiger partial charge on any atom is 0.152 e. The number of halogens is 2. The topological polar surface area (TPSA) is 32.9 Å². The van der Waals surface area contributed by atoms with Crippen LogP contribution in [0.1, 0.15) is 10.4 Å². The quantitative estimate of drug-likeness (QED) is 0.766. The highest BCUT2D eigenvalue weighted by Gasteiger charge is 2.10. The molecule has 2 nitrogen and oxygen atoms in total. The van der Waals surface area contributed by atoms with Crippen molar-refractivity contribution in [2.45, 2.75) is 0 Å². The number of nitrogens with one attached hydrogen (secondary N) is 1. The third-order valence-electron chi connectivity index (χ3n) is 1.89. The van der Waals surface area contributed by atoms with Gasteiger partial charge in [0.1, 0.15) is 5.82 Å². The number of aromatic amines is 1. The summed E-state index contributed by atoms with van der Waals surface area (Å²) in [6, 6.07) is 3.32. The molecule has 1 aromatic carbocycles. The Bertz CT molecular complexity index is 478. The number of rotatable bonds is 1. The maximum atomic E-state index is 13.5. The first kappa shape index (κ1) is 8.44. The molecule has 0 amide bonds. The van der Waals surface area contributed by atoms with Crippen molar-refractivity contribution < 1.29 is 9.18 Å². The highest BCUT2D eigenvalue weighted by Crippen LogP contribution is 2.26. The summed E-state index contributed by atoms with van der Waals surface area (Å²) in [4.78, 5) is 13.4. The molecule has 0 aliphatic carbocycles. The van der Waals surface area contributed by atoms with E-state index in [0.29, 0.717) is 27.2 Å². The molecule has 1 aromatic heterocycles. The second kappa shape index (κ2) is 2.96. The Morgan fingerprint density at radius 2 is 2.23 bits per heavy atom. The van der Waals surface area contributed by atoms with Crippen molar-refractivity contribution in [2.75, 3.05) is 0 Å². The molecule has 2 rings (SSSR count).